The van der Waals surface area contributed by atoms with Crippen LogP contribution in [0.4, 0.5) is 0 Å². The van der Waals surface area contributed by atoms with E-state index in [1.54, 1.807) is 0 Å². The van der Waals surface area contributed by atoms with E-state index in [0.717, 1.165) is 51.4 Å². The number of hydrogen-bond acceptors (Lipinski definition) is 14. The molecule has 0 aromatic rings. The van der Waals surface area contributed by atoms with E-state index in [-0.39, 0.29) is 66.1 Å². The first kappa shape index (κ1) is 55.2. The van der Waals surface area contributed by atoms with Gasteiger partial charge in [0.2, 0.25) is 0 Å². The second kappa shape index (κ2) is 38.4. The van der Waals surface area contributed by atoms with Gasteiger partial charge in [-0.2, -0.15) is 0 Å². The third-order valence-corrected chi connectivity index (χ3v) is 11.2. The zero-order valence-electron chi connectivity index (χ0n) is 34.5. The molecule has 2 N–H and O–H groups in total. The lowest BCUT2D eigenvalue weighted by Gasteiger charge is -2.20. The Morgan fingerprint density at radius 1 is 0.544 bits per heavy atom. The molecular formula is C37H72N6O12P2. The number of aliphatic hydroxyl groups is 2. The maximum atomic E-state index is 13.3. The van der Waals surface area contributed by atoms with Crippen molar-refractivity contribution >= 4 is 15.6 Å². The Bertz CT molecular complexity index is 1110. The minimum atomic E-state index is -4.06. The predicted octanol–water partition coefficient (Wildman–Crippen LogP) is 10.5. The molecule has 4 unspecified atom stereocenters. The second-order valence-corrected chi connectivity index (χ2v) is 16.9. The minimum absolute atomic E-state index is 0.0108. The molecule has 332 valence electrons. The summed E-state index contributed by atoms with van der Waals surface area (Å²) in [5.74, 6) is 0. The van der Waals surface area contributed by atoms with E-state index in [9.17, 15) is 19.3 Å². The van der Waals surface area contributed by atoms with Crippen LogP contribution in [0.25, 0.3) is 20.9 Å². The fourth-order valence-corrected chi connectivity index (χ4v) is 7.55. The summed E-state index contributed by atoms with van der Waals surface area (Å²) in [7, 11) is -8.13. The normalized spacial score (nSPS) is 15.6. The van der Waals surface area contributed by atoms with Crippen LogP contribution in [0.15, 0.2) is 35.5 Å². The van der Waals surface area contributed by atoms with Gasteiger partial charge >= 0.3 is 15.6 Å². The average molecular weight is 855 g/mol. The lowest BCUT2D eigenvalue weighted by Crippen LogP contribution is -2.21. The predicted molar refractivity (Wildman–Crippen MR) is 221 cm³/mol. The van der Waals surface area contributed by atoms with Crippen LogP contribution in [-0.4, -0.2) is 101 Å². The van der Waals surface area contributed by atoms with Crippen LogP contribution >= 0.6 is 15.6 Å². The molecule has 57 heavy (non-hydrogen) atoms. The van der Waals surface area contributed by atoms with Crippen molar-refractivity contribution in [3.63, 3.8) is 0 Å². The smallest absolute Gasteiger partial charge is 0.393 e. The van der Waals surface area contributed by atoms with Gasteiger partial charge in [-0.15, -0.1) is 13.2 Å². The zero-order valence-corrected chi connectivity index (χ0v) is 36.3. The van der Waals surface area contributed by atoms with Gasteiger partial charge in [-0.3, -0.25) is 27.1 Å². The third kappa shape index (κ3) is 33.7. The Labute approximate surface area is 340 Å². The van der Waals surface area contributed by atoms with E-state index in [0.29, 0.717) is 44.9 Å². The maximum Gasteiger partial charge on any atom is 0.475 e. The Kier molecular flexibility index (Phi) is 37.1. The molecule has 0 fully saturated rings. The summed E-state index contributed by atoms with van der Waals surface area (Å²) in [6, 6.07) is -1.63. The number of unbranched alkanes of at least 4 members (excludes halogenated alkanes) is 10. The molecule has 0 aliphatic heterocycles. The lowest BCUT2D eigenvalue weighted by molar-refractivity contribution is 0.0567. The SMILES string of the molecule is C=CCOP(=O)(OCCCCCOP(=O)(OCC=C)OCC(COCC[C@H](O)CCCCCCC)N=[N+]=[N-])OCC(COCC[C@H](O)CCCCCCC)N=[N+]=[N-]. The summed E-state index contributed by atoms with van der Waals surface area (Å²) in [5, 5.41) is 27.7. The molecule has 0 aromatic heterocycles. The molecular weight excluding hydrogens is 782 g/mol. The van der Waals surface area contributed by atoms with E-state index >= 15 is 0 Å². The van der Waals surface area contributed by atoms with Gasteiger partial charge in [0.25, 0.3) is 0 Å². The molecule has 18 nitrogen and oxygen atoms in total. The van der Waals surface area contributed by atoms with Crippen LogP contribution in [0.2, 0.25) is 0 Å². The molecule has 0 amide bonds. The van der Waals surface area contributed by atoms with Crippen LogP contribution in [0.3, 0.4) is 0 Å². The molecule has 0 radical (unpaired) electrons. The van der Waals surface area contributed by atoms with Gasteiger partial charge in [0, 0.05) is 23.0 Å². The highest BCUT2D eigenvalue weighted by Crippen LogP contribution is 2.51. The molecule has 0 saturated carbocycles. The van der Waals surface area contributed by atoms with Crippen molar-refractivity contribution in [2.45, 2.75) is 147 Å². The van der Waals surface area contributed by atoms with Crippen molar-refractivity contribution in [1.82, 2.24) is 0 Å². The number of nitrogens with zero attached hydrogens (tertiary/aromatic N) is 6. The number of phosphoric ester groups is 2. The van der Waals surface area contributed by atoms with E-state index < -0.39 is 39.9 Å². The standard InChI is InChI=1S/C37H72N6O12P2/c1-5-9-11-13-16-20-36(44)22-28-48-30-34(40-42-38)32-54-56(46,50-24-7-3)52-26-18-15-19-27-53-57(47,51-25-8-4)55-33-35(41-43-39)31-49-29-23-37(45)21-17-14-12-10-6-2/h7-8,34-37,44-45H,3-6,9-33H2,1-2H3/t34?,35?,36-,37-,56?,57?/m1/s1. The van der Waals surface area contributed by atoms with E-state index in [1.165, 1.54) is 25.0 Å². The van der Waals surface area contributed by atoms with Gasteiger partial charge in [0.05, 0.1) is 77.1 Å². The molecule has 0 heterocycles. The topological polar surface area (TPSA) is 246 Å². The van der Waals surface area contributed by atoms with Crippen molar-refractivity contribution in [2.24, 2.45) is 10.2 Å². The summed E-state index contributed by atoms with van der Waals surface area (Å²) < 4.78 is 70.2. The maximum absolute atomic E-state index is 13.3. The van der Waals surface area contributed by atoms with Gasteiger partial charge in [-0.1, -0.05) is 100 Å². The first-order chi connectivity index (χ1) is 27.6. The number of aliphatic hydroxyl groups excluding tert-OH is 2. The van der Waals surface area contributed by atoms with Gasteiger partial charge in [-0.25, -0.2) is 9.13 Å². The van der Waals surface area contributed by atoms with Gasteiger partial charge in [0.15, 0.2) is 0 Å². The Balaban J connectivity index is 4.71. The van der Waals surface area contributed by atoms with Crippen LogP contribution < -0.4 is 0 Å². The van der Waals surface area contributed by atoms with E-state index in [1.807, 2.05) is 0 Å². The third-order valence-electron chi connectivity index (χ3n) is 8.36. The Hall–Kier alpha value is -1.84. The van der Waals surface area contributed by atoms with E-state index in [4.69, 9.17) is 47.7 Å². The number of phosphoric acid groups is 2. The fourth-order valence-electron chi connectivity index (χ4n) is 5.11. The largest absolute Gasteiger partial charge is 0.475 e. The molecule has 0 saturated heterocycles. The van der Waals surface area contributed by atoms with Gasteiger partial charge < -0.3 is 19.7 Å². The summed E-state index contributed by atoms with van der Waals surface area (Å²) in [6.07, 6.45) is 16.6. The number of ether oxygens (including phenoxy) is 2. The van der Waals surface area contributed by atoms with Crippen LogP contribution in [0, 0.1) is 0 Å². The highest BCUT2D eigenvalue weighted by Gasteiger charge is 2.29. The monoisotopic (exact) mass is 854 g/mol. The second-order valence-electron chi connectivity index (χ2n) is 13.5. The van der Waals surface area contributed by atoms with Crippen molar-refractivity contribution in [3.8, 4) is 0 Å². The van der Waals surface area contributed by atoms with Crippen molar-refractivity contribution in [2.75, 3.05) is 66.1 Å². The minimum Gasteiger partial charge on any atom is -0.393 e. The highest BCUT2D eigenvalue weighted by molar-refractivity contribution is 7.48. The number of azide groups is 2. The summed E-state index contributed by atoms with van der Waals surface area (Å²) >= 11 is 0. The average Bonchev–Trinajstić information content (AvgIpc) is 3.20. The first-order valence-corrected chi connectivity index (χ1v) is 23.4. The van der Waals surface area contributed by atoms with Crippen molar-refractivity contribution in [3.05, 3.63) is 46.2 Å². The van der Waals surface area contributed by atoms with Crippen LogP contribution in [0.1, 0.15) is 123 Å². The molecule has 0 rings (SSSR count). The lowest BCUT2D eigenvalue weighted by atomic mass is 10.1. The molecule has 6 atom stereocenters. The van der Waals surface area contributed by atoms with Gasteiger partial charge in [-0.05, 0) is 56.0 Å². The fraction of sp³-hybridized carbons (Fsp3) is 0.892. The summed E-state index contributed by atoms with van der Waals surface area (Å²) in [6.45, 7) is 11.1. The number of rotatable bonds is 44. The molecule has 0 aromatic carbocycles. The summed E-state index contributed by atoms with van der Waals surface area (Å²) in [4.78, 5) is 5.64. The Morgan fingerprint density at radius 3 is 1.30 bits per heavy atom. The highest BCUT2D eigenvalue weighted by atomic mass is 31.2. The summed E-state index contributed by atoms with van der Waals surface area (Å²) in [5.41, 5.74) is 18.0. The van der Waals surface area contributed by atoms with Gasteiger partial charge in [0.1, 0.15) is 0 Å². The molecule has 20 heteroatoms. The zero-order chi connectivity index (χ0) is 42.3. The van der Waals surface area contributed by atoms with E-state index in [2.05, 4.69) is 47.1 Å². The molecule has 0 bridgehead atoms. The van der Waals surface area contributed by atoms with Crippen molar-refractivity contribution in [1.29, 1.82) is 0 Å². The van der Waals surface area contributed by atoms with Crippen LogP contribution in [0.5, 0.6) is 0 Å². The van der Waals surface area contributed by atoms with Crippen LogP contribution in [-0.2, 0) is 45.7 Å². The quantitative estimate of drug-likeness (QED) is 0.0145. The molecule has 0 spiro atoms. The Morgan fingerprint density at radius 2 is 0.930 bits per heavy atom. The molecule has 0 aliphatic rings. The molecule has 0 aliphatic carbocycles. The van der Waals surface area contributed by atoms with Crippen molar-refractivity contribution < 1.29 is 56.0 Å². The number of hydrogen-bond donors (Lipinski definition) is 2. The first-order valence-electron chi connectivity index (χ1n) is 20.5.